The summed E-state index contributed by atoms with van der Waals surface area (Å²) in [6.07, 6.45) is -4.83. The van der Waals surface area contributed by atoms with E-state index in [1.54, 1.807) is 23.5 Å². The zero-order valence-corrected chi connectivity index (χ0v) is 13.1. The molecule has 1 rings (SSSR count). The molecule has 1 amide bonds. The van der Waals surface area contributed by atoms with Gasteiger partial charge in [-0.25, -0.2) is 0 Å². The van der Waals surface area contributed by atoms with Gasteiger partial charge in [-0.3, -0.25) is 4.79 Å². The number of amides is 1. The second kappa shape index (κ2) is 8.87. The van der Waals surface area contributed by atoms with Crippen LogP contribution in [0.25, 0.3) is 0 Å². The first-order valence-corrected chi connectivity index (χ1v) is 7.08. The summed E-state index contributed by atoms with van der Waals surface area (Å²) in [7, 11) is 0. The summed E-state index contributed by atoms with van der Waals surface area (Å²) in [5.74, 6) is -0.993. The molecule has 20 heavy (non-hydrogen) atoms. The summed E-state index contributed by atoms with van der Waals surface area (Å²) in [5, 5.41) is 2.81. The van der Waals surface area contributed by atoms with Crippen LogP contribution in [-0.2, 0) is 10.5 Å². The summed E-state index contributed by atoms with van der Waals surface area (Å²) in [6.45, 7) is -0.0443. The van der Waals surface area contributed by atoms with E-state index in [1.165, 1.54) is 11.8 Å². The van der Waals surface area contributed by atoms with Crippen molar-refractivity contribution in [2.45, 2.75) is 11.9 Å². The van der Waals surface area contributed by atoms with Gasteiger partial charge in [-0.15, -0.1) is 12.4 Å². The van der Waals surface area contributed by atoms with Crippen LogP contribution in [0.4, 0.5) is 13.2 Å². The van der Waals surface area contributed by atoms with E-state index >= 15 is 0 Å². The largest absolute Gasteiger partial charge is 0.471 e. The van der Waals surface area contributed by atoms with Gasteiger partial charge in [-0.2, -0.15) is 24.9 Å². The van der Waals surface area contributed by atoms with Gasteiger partial charge in [-0.1, -0.05) is 23.2 Å². The fraction of sp³-hybridized carbons (Fsp3) is 0.364. The SMILES string of the molecule is Cl.O=C(NCCSCc1cc(Cl)cc(Cl)c1)C(F)(F)F. The van der Waals surface area contributed by atoms with E-state index in [0.29, 0.717) is 21.6 Å². The number of hydrogen-bond donors (Lipinski definition) is 1. The normalized spacial score (nSPS) is 10.8. The van der Waals surface area contributed by atoms with Gasteiger partial charge in [0.2, 0.25) is 0 Å². The second-order valence-electron chi connectivity index (χ2n) is 3.58. The molecule has 0 aliphatic carbocycles. The lowest BCUT2D eigenvalue weighted by atomic mass is 10.2. The Labute approximate surface area is 134 Å². The Bertz CT molecular complexity index is 437. The molecule has 0 unspecified atom stereocenters. The lowest BCUT2D eigenvalue weighted by molar-refractivity contribution is -0.173. The number of nitrogens with one attached hydrogen (secondary N) is 1. The molecule has 0 aliphatic rings. The van der Waals surface area contributed by atoms with E-state index in [1.807, 2.05) is 0 Å². The highest BCUT2D eigenvalue weighted by Gasteiger charge is 2.38. The van der Waals surface area contributed by atoms with Crippen LogP contribution < -0.4 is 5.32 Å². The maximum atomic E-state index is 11.9. The molecule has 9 heteroatoms. The van der Waals surface area contributed by atoms with Crippen molar-refractivity contribution in [3.8, 4) is 0 Å². The van der Waals surface area contributed by atoms with Crippen LogP contribution in [0.15, 0.2) is 18.2 Å². The van der Waals surface area contributed by atoms with E-state index in [4.69, 9.17) is 23.2 Å². The number of benzene rings is 1. The molecular weight excluding hydrogens is 358 g/mol. The predicted molar refractivity (Wildman–Crippen MR) is 78.9 cm³/mol. The third kappa shape index (κ3) is 7.47. The summed E-state index contributed by atoms with van der Waals surface area (Å²) in [4.78, 5) is 10.5. The molecule has 0 fully saturated rings. The molecule has 1 N–H and O–H groups in total. The van der Waals surface area contributed by atoms with E-state index in [2.05, 4.69) is 0 Å². The van der Waals surface area contributed by atoms with Crippen molar-refractivity contribution in [1.82, 2.24) is 5.32 Å². The molecule has 0 atom stereocenters. The van der Waals surface area contributed by atoms with Crippen molar-refractivity contribution in [1.29, 1.82) is 0 Å². The van der Waals surface area contributed by atoms with Gasteiger partial charge >= 0.3 is 12.1 Å². The second-order valence-corrected chi connectivity index (χ2v) is 5.56. The fourth-order valence-electron chi connectivity index (χ4n) is 1.22. The first-order chi connectivity index (χ1) is 8.79. The topological polar surface area (TPSA) is 29.1 Å². The number of hydrogen-bond acceptors (Lipinski definition) is 2. The minimum Gasteiger partial charge on any atom is -0.347 e. The molecule has 0 spiro atoms. The van der Waals surface area contributed by atoms with Gasteiger partial charge in [0.15, 0.2) is 0 Å². The zero-order chi connectivity index (χ0) is 14.5. The molecule has 0 radical (unpaired) electrons. The number of carbonyl (C=O) groups excluding carboxylic acids is 1. The fourth-order valence-corrected chi connectivity index (χ4v) is 2.59. The Morgan fingerprint density at radius 2 is 1.75 bits per heavy atom. The van der Waals surface area contributed by atoms with E-state index in [9.17, 15) is 18.0 Å². The van der Waals surface area contributed by atoms with Gasteiger partial charge in [0.1, 0.15) is 0 Å². The summed E-state index contributed by atoms with van der Waals surface area (Å²) in [6, 6.07) is 5.06. The molecule has 2 nitrogen and oxygen atoms in total. The molecule has 0 bridgehead atoms. The van der Waals surface area contributed by atoms with Crippen molar-refractivity contribution in [3.63, 3.8) is 0 Å². The maximum Gasteiger partial charge on any atom is 0.471 e. The summed E-state index contributed by atoms with van der Waals surface area (Å²) >= 11 is 13.0. The van der Waals surface area contributed by atoms with Crippen LogP contribution in [0.1, 0.15) is 5.56 Å². The van der Waals surface area contributed by atoms with E-state index in [0.717, 1.165) is 5.56 Å². The summed E-state index contributed by atoms with van der Waals surface area (Å²) < 4.78 is 35.6. The Balaban J connectivity index is 0.00000361. The molecule has 1 aromatic rings. The number of thioether (sulfide) groups is 1. The molecule has 114 valence electrons. The van der Waals surface area contributed by atoms with Gasteiger partial charge < -0.3 is 5.32 Å². The Hall–Kier alpha value is -0.300. The van der Waals surface area contributed by atoms with Crippen LogP contribution in [0.5, 0.6) is 0 Å². The molecule has 0 aliphatic heterocycles. The highest BCUT2D eigenvalue weighted by molar-refractivity contribution is 7.98. The number of carbonyl (C=O) groups is 1. The Morgan fingerprint density at radius 3 is 2.25 bits per heavy atom. The standard InChI is InChI=1S/C11H10Cl2F3NOS.ClH/c12-8-3-7(4-9(13)5-8)6-19-2-1-17-10(18)11(14,15)16;/h3-5H,1-2,6H2,(H,17,18);1H. The van der Waals surface area contributed by atoms with Crippen LogP contribution in [0.3, 0.4) is 0 Å². The maximum absolute atomic E-state index is 11.9. The van der Waals surface area contributed by atoms with Crippen LogP contribution >= 0.6 is 47.4 Å². The minimum absolute atomic E-state index is 0. The molecule has 1 aromatic carbocycles. The van der Waals surface area contributed by atoms with Gasteiger partial charge in [0.25, 0.3) is 0 Å². The summed E-state index contributed by atoms with van der Waals surface area (Å²) in [5.41, 5.74) is 0.879. The highest BCUT2D eigenvalue weighted by Crippen LogP contribution is 2.22. The van der Waals surface area contributed by atoms with Crippen molar-refractivity contribution in [2.75, 3.05) is 12.3 Å². The Kier molecular flexibility index (Phi) is 8.74. The van der Waals surface area contributed by atoms with Gasteiger partial charge in [0, 0.05) is 28.1 Å². The van der Waals surface area contributed by atoms with Crippen LogP contribution in [-0.4, -0.2) is 24.4 Å². The minimum atomic E-state index is -4.83. The van der Waals surface area contributed by atoms with Crippen molar-refractivity contribution < 1.29 is 18.0 Å². The van der Waals surface area contributed by atoms with Gasteiger partial charge in [-0.05, 0) is 23.8 Å². The smallest absolute Gasteiger partial charge is 0.347 e. The van der Waals surface area contributed by atoms with E-state index in [-0.39, 0.29) is 19.0 Å². The highest BCUT2D eigenvalue weighted by atomic mass is 35.5. The molecular formula is C11H11Cl3F3NOS. The van der Waals surface area contributed by atoms with E-state index < -0.39 is 12.1 Å². The van der Waals surface area contributed by atoms with Crippen LogP contribution in [0.2, 0.25) is 10.0 Å². The quantitative estimate of drug-likeness (QED) is 0.784. The predicted octanol–water partition coefficient (Wildman–Crippen LogP) is 4.33. The first-order valence-electron chi connectivity index (χ1n) is 5.17. The monoisotopic (exact) mass is 367 g/mol. The first kappa shape index (κ1) is 19.7. The third-order valence-corrected chi connectivity index (χ3v) is 3.45. The van der Waals surface area contributed by atoms with Crippen molar-refractivity contribution >= 4 is 53.3 Å². The molecule has 0 aromatic heterocycles. The average molecular weight is 369 g/mol. The Morgan fingerprint density at radius 1 is 1.20 bits per heavy atom. The average Bonchev–Trinajstić information content (AvgIpc) is 2.25. The zero-order valence-electron chi connectivity index (χ0n) is 9.97. The third-order valence-electron chi connectivity index (χ3n) is 1.98. The number of alkyl halides is 3. The van der Waals surface area contributed by atoms with Crippen molar-refractivity contribution in [2.24, 2.45) is 0 Å². The molecule has 0 saturated heterocycles. The van der Waals surface area contributed by atoms with Gasteiger partial charge in [0.05, 0.1) is 0 Å². The van der Waals surface area contributed by atoms with Crippen LogP contribution in [0, 0.1) is 0 Å². The lowest BCUT2D eigenvalue weighted by Crippen LogP contribution is -2.37. The number of halogens is 6. The molecule has 0 heterocycles. The van der Waals surface area contributed by atoms with Crippen molar-refractivity contribution in [3.05, 3.63) is 33.8 Å². The molecule has 0 saturated carbocycles. The lowest BCUT2D eigenvalue weighted by Gasteiger charge is -2.07. The number of rotatable bonds is 5.